The van der Waals surface area contributed by atoms with Crippen LogP contribution in [0.2, 0.25) is 0 Å². The molecular weight excluding hydrogens is 418 g/mol. The van der Waals surface area contributed by atoms with Crippen molar-refractivity contribution in [2.24, 2.45) is 19.8 Å². The number of carbonyl (C=O) groups is 4. The fourth-order valence-corrected chi connectivity index (χ4v) is 2.96. The Hall–Kier alpha value is -4.42. The van der Waals surface area contributed by atoms with Crippen LogP contribution in [0.5, 0.6) is 0 Å². The van der Waals surface area contributed by atoms with Crippen LogP contribution in [-0.2, 0) is 18.9 Å². The first-order valence-corrected chi connectivity index (χ1v) is 9.55. The lowest BCUT2D eigenvalue weighted by molar-refractivity contribution is -0.116. The van der Waals surface area contributed by atoms with E-state index in [1.54, 1.807) is 31.8 Å². The van der Waals surface area contributed by atoms with Crippen LogP contribution in [-0.4, -0.2) is 54.3 Å². The maximum Gasteiger partial charge on any atom is 0.291 e. The second-order valence-corrected chi connectivity index (χ2v) is 7.00. The number of aromatic amines is 1. The van der Waals surface area contributed by atoms with Crippen molar-refractivity contribution in [2.75, 3.05) is 17.2 Å². The number of rotatable bonds is 8. The van der Waals surface area contributed by atoms with Gasteiger partial charge in [-0.3, -0.25) is 19.2 Å². The molecule has 3 heterocycles. The quantitative estimate of drug-likeness (QED) is 0.325. The van der Waals surface area contributed by atoms with Crippen molar-refractivity contribution in [1.82, 2.24) is 29.4 Å². The van der Waals surface area contributed by atoms with Gasteiger partial charge in [0.25, 0.3) is 17.7 Å². The van der Waals surface area contributed by atoms with Crippen LogP contribution in [0.3, 0.4) is 0 Å². The van der Waals surface area contributed by atoms with Gasteiger partial charge in [-0.1, -0.05) is 0 Å². The lowest BCUT2D eigenvalue weighted by Gasteiger charge is -2.06. The molecule has 0 aliphatic heterocycles. The summed E-state index contributed by atoms with van der Waals surface area (Å²) in [5.74, 6) is -1.51. The van der Waals surface area contributed by atoms with E-state index in [0.717, 1.165) is 0 Å². The number of anilines is 2. The summed E-state index contributed by atoms with van der Waals surface area (Å²) in [5, 5.41) is 7.87. The summed E-state index contributed by atoms with van der Waals surface area (Å²) in [6.07, 6.45) is 6.11. The summed E-state index contributed by atoms with van der Waals surface area (Å²) in [6, 6.07) is 0. The normalized spacial score (nSPS) is 10.6. The second-order valence-electron chi connectivity index (χ2n) is 7.00. The first-order chi connectivity index (χ1) is 15.2. The van der Waals surface area contributed by atoms with Gasteiger partial charge in [-0.2, -0.15) is 0 Å². The Labute approximate surface area is 182 Å². The number of nitrogens with one attached hydrogen (secondary N) is 4. The summed E-state index contributed by atoms with van der Waals surface area (Å²) in [7, 11) is 3.28. The van der Waals surface area contributed by atoms with E-state index in [0.29, 0.717) is 11.3 Å². The number of H-pyrrole nitrogens is 1. The van der Waals surface area contributed by atoms with Crippen molar-refractivity contribution in [3.63, 3.8) is 0 Å². The molecule has 168 valence electrons. The molecule has 6 N–H and O–H groups in total. The van der Waals surface area contributed by atoms with E-state index in [-0.39, 0.29) is 36.1 Å². The van der Waals surface area contributed by atoms with E-state index in [4.69, 9.17) is 5.73 Å². The largest absolute Gasteiger partial charge is 0.363 e. The lowest BCUT2D eigenvalue weighted by atomic mass is 10.2. The molecule has 0 aliphatic carbocycles. The molecule has 0 unspecified atom stereocenters. The van der Waals surface area contributed by atoms with Crippen LogP contribution < -0.4 is 21.7 Å². The minimum atomic E-state index is -0.711. The lowest BCUT2D eigenvalue weighted by Crippen LogP contribution is -2.28. The third kappa shape index (κ3) is 4.83. The topological polar surface area (TPSA) is 182 Å². The minimum Gasteiger partial charge on any atom is -0.363 e. The van der Waals surface area contributed by atoms with E-state index in [1.165, 1.54) is 23.2 Å². The van der Waals surface area contributed by atoms with Crippen molar-refractivity contribution >= 4 is 35.1 Å². The highest BCUT2D eigenvalue weighted by molar-refractivity contribution is 6.04. The zero-order chi connectivity index (χ0) is 23.4. The predicted octanol–water partition coefficient (Wildman–Crippen LogP) is -0.100. The Morgan fingerprint density at radius 2 is 1.84 bits per heavy atom. The molecule has 4 amide bonds. The second kappa shape index (κ2) is 9.16. The van der Waals surface area contributed by atoms with E-state index < -0.39 is 23.6 Å². The molecule has 0 spiro atoms. The fraction of sp³-hybridized carbons (Fsp3) is 0.263. The molecule has 3 aromatic rings. The zero-order valence-electron chi connectivity index (χ0n) is 17.7. The van der Waals surface area contributed by atoms with Gasteiger partial charge in [0.05, 0.1) is 5.69 Å². The smallest absolute Gasteiger partial charge is 0.291 e. The molecule has 32 heavy (non-hydrogen) atoms. The van der Waals surface area contributed by atoms with Crippen LogP contribution in [0.25, 0.3) is 0 Å². The first-order valence-electron chi connectivity index (χ1n) is 9.55. The molecule has 13 heteroatoms. The van der Waals surface area contributed by atoms with E-state index >= 15 is 0 Å². The van der Waals surface area contributed by atoms with Gasteiger partial charge in [-0.05, 0) is 6.92 Å². The highest BCUT2D eigenvalue weighted by Gasteiger charge is 2.18. The van der Waals surface area contributed by atoms with Gasteiger partial charge < -0.3 is 35.8 Å². The van der Waals surface area contributed by atoms with Gasteiger partial charge in [0, 0.05) is 57.4 Å². The van der Waals surface area contributed by atoms with Crippen LogP contribution in [0.4, 0.5) is 11.5 Å². The number of nitrogens with zero attached hydrogens (tertiary/aromatic N) is 4. The van der Waals surface area contributed by atoms with Crippen molar-refractivity contribution in [3.05, 3.63) is 47.7 Å². The summed E-state index contributed by atoms with van der Waals surface area (Å²) >= 11 is 0. The van der Waals surface area contributed by atoms with E-state index in [2.05, 4.69) is 30.9 Å². The Balaban J connectivity index is 1.51. The number of amides is 4. The number of hydrogen-bond acceptors (Lipinski definition) is 6. The van der Waals surface area contributed by atoms with Gasteiger partial charge in [-0.25, -0.2) is 9.97 Å². The maximum absolute atomic E-state index is 12.4. The molecule has 0 fully saturated rings. The highest BCUT2D eigenvalue weighted by Crippen LogP contribution is 2.19. The van der Waals surface area contributed by atoms with Gasteiger partial charge in [0.1, 0.15) is 5.69 Å². The SMILES string of the molecule is Cc1c(NC(=O)c2nccn2C)c[nH]c1C(=O)NCCC(=O)Nc1cn(C)c(C(N)=O)n1. The van der Waals surface area contributed by atoms with E-state index in [9.17, 15) is 19.2 Å². The first kappa shape index (κ1) is 22.3. The summed E-state index contributed by atoms with van der Waals surface area (Å²) in [6.45, 7) is 1.75. The molecule has 0 aromatic carbocycles. The van der Waals surface area contributed by atoms with Crippen LogP contribution in [0, 0.1) is 6.92 Å². The molecule has 13 nitrogen and oxygen atoms in total. The number of aryl methyl sites for hydroxylation is 2. The fourth-order valence-electron chi connectivity index (χ4n) is 2.96. The van der Waals surface area contributed by atoms with Crippen molar-refractivity contribution in [1.29, 1.82) is 0 Å². The molecular formula is C19H23N9O4. The molecule has 3 rings (SSSR count). The summed E-state index contributed by atoms with van der Waals surface area (Å²) in [5.41, 5.74) is 6.44. The van der Waals surface area contributed by atoms with Crippen LogP contribution >= 0.6 is 0 Å². The molecule has 0 radical (unpaired) electrons. The third-order valence-electron chi connectivity index (χ3n) is 4.64. The average molecular weight is 441 g/mol. The molecule has 0 atom stereocenters. The Kier molecular flexibility index (Phi) is 6.37. The number of aromatic nitrogens is 5. The van der Waals surface area contributed by atoms with Crippen molar-refractivity contribution in [2.45, 2.75) is 13.3 Å². The zero-order valence-corrected chi connectivity index (χ0v) is 17.7. The number of carbonyl (C=O) groups excluding carboxylic acids is 4. The number of nitrogens with two attached hydrogens (primary N) is 1. The Morgan fingerprint density at radius 3 is 2.47 bits per heavy atom. The van der Waals surface area contributed by atoms with Crippen LogP contribution in [0.1, 0.15) is 43.7 Å². The molecule has 0 bridgehead atoms. The third-order valence-corrected chi connectivity index (χ3v) is 4.64. The summed E-state index contributed by atoms with van der Waals surface area (Å²) < 4.78 is 2.98. The molecule has 3 aromatic heterocycles. The van der Waals surface area contributed by atoms with Gasteiger partial charge in [-0.15, -0.1) is 0 Å². The molecule has 0 aliphatic rings. The Bertz CT molecular complexity index is 1190. The van der Waals surface area contributed by atoms with Gasteiger partial charge >= 0.3 is 0 Å². The number of primary amides is 1. The molecule has 0 saturated carbocycles. The highest BCUT2D eigenvalue weighted by atomic mass is 16.2. The van der Waals surface area contributed by atoms with Gasteiger partial charge in [0.15, 0.2) is 11.6 Å². The van der Waals surface area contributed by atoms with Crippen LogP contribution in [0.15, 0.2) is 24.8 Å². The number of hydrogen-bond donors (Lipinski definition) is 5. The standard InChI is InChI=1S/C19H23N9O4/c1-10-11(24-19(32)17-21-6-7-27(17)2)8-23-14(10)18(31)22-5-4-13(29)25-12-9-28(3)16(26-12)15(20)30/h6-9,23H,4-5H2,1-3H3,(H2,20,30)(H,22,31)(H,24,32)(H,25,29). The molecule has 0 saturated heterocycles. The average Bonchev–Trinajstić information content (AvgIpc) is 3.41. The minimum absolute atomic E-state index is 0.0154. The number of imidazole rings is 2. The maximum atomic E-state index is 12.4. The Morgan fingerprint density at radius 1 is 1.09 bits per heavy atom. The predicted molar refractivity (Wildman–Crippen MR) is 114 cm³/mol. The monoisotopic (exact) mass is 441 g/mol. The van der Waals surface area contributed by atoms with Crippen molar-refractivity contribution in [3.8, 4) is 0 Å². The van der Waals surface area contributed by atoms with Gasteiger partial charge in [0.2, 0.25) is 11.7 Å². The van der Waals surface area contributed by atoms with E-state index in [1.807, 2.05) is 0 Å². The van der Waals surface area contributed by atoms with Crippen molar-refractivity contribution < 1.29 is 19.2 Å². The summed E-state index contributed by atoms with van der Waals surface area (Å²) in [4.78, 5) is 58.7.